The second kappa shape index (κ2) is 8.61. The lowest BCUT2D eigenvalue weighted by Crippen LogP contribution is -2.06. The summed E-state index contributed by atoms with van der Waals surface area (Å²) in [5.41, 5.74) is 3.23. The van der Waals surface area contributed by atoms with Crippen molar-refractivity contribution in [2.75, 3.05) is 0 Å². The third kappa shape index (κ3) is 4.17. The quantitative estimate of drug-likeness (QED) is 0.459. The molecule has 0 N–H and O–H groups in total. The van der Waals surface area contributed by atoms with E-state index >= 15 is 0 Å². The van der Waals surface area contributed by atoms with Crippen LogP contribution in [0.15, 0.2) is 77.2 Å². The molecule has 6 nitrogen and oxygen atoms in total. The van der Waals surface area contributed by atoms with Gasteiger partial charge in [0.1, 0.15) is 11.3 Å². The lowest BCUT2D eigenvalue weighted by Gasteiger charge is -2.11. The van der Waals surface area contributed by atoms with Gasteiger partial charge in [0.25, 0.3) is 5.91 Å². The standard InChI is InChI=1S/C22H16ClN3O3S/c23-18-11-5-4-9-16(18)14-26-19-12-6-10-17(22(27)25-30(28)29)21(19)24-20(26)13-15-7-2-1-3-8-15/h1-12H,13-14H2. The second-order valence-corrected chi connectivity index (χ2v) is 7.68. The highest BCUT2D eigenvalue weighted by Gasteiger charge is 2.18. The Kier molecular flexibility index (Phi) is 5.74. The monoisotopic (exact) mass is 437 g/mol. The van der Waals surface area contributed by atoms with Crippen LogP contribution in [0.2, 0.25) is 5.02 Å². The molecule has 1 aromatic heterocycles. The highest BCUT2D eigenvalue weighted by atomic mass is 35.5. The Bertz CT molecular complexity index is 1370. The SMILES string of the molecule is O=C(N=S(=O)=O)c1cccc2c1nc(Cc1ccccc1)n2Cc1ccccc1Cl. The minimum absolute atomic E-state index is 0.143. The number of carbonyl (C=O) groups excluding carboxylic acids is 1. The first kappa shape index (κ1) is 20.0. The van der Waals surface area contributed by atoms with Crippen LogP contribution in [0.1, 0.15) is 27.3 Å². The number of imidazole rings is 1. The molecule has 0 saturated carbocycles. The van der Waals surface area contributed by atoms with E-state index in [4.69, 9.17) is 16.6 Å². The van der Waals surface area contributed by atoms with Crippen molar-refractivity contribution >= 4 is 39.0 Å². The third-order valence-electron chi connectivity index (χ3n) is 4.74. The first-order chi connectivity index (χ1) is 14.5. The third-order valence-corrected chi connectivity index (χ3v) is 5.42. The van der Waals surface area contributed by atoms with Crippen LogP contribution in [-0.2, 0) is 23.5 Å². The van der Waals surface area contributed by atoms with Crippen LogP contribution in [0.25, 0.3) is 11.0 Å². The molecule has 0 aliphatic carbocycles. The van der Waals surface area contributed by atoms with Crippen LogP contribution >= 0.6 is 11.6 Å². The van der Waals surface area contributed by atoms with Crippen molar-refractivity contribution in [1.29, 1.82) is 0 Å². The minimum atomic E-state index is -2.83. The van der Waals surface area contributed by atoms with Crippen molar-refractivity contribution in [2.24, 2.45) is 4.36 Å². The van der Waals surface area contributed by atoms with Gasteiger partial charge in [0.05, 0.1) is 17.6 Å². The molecular formula is C22H16ClN3O3S. The summed E-state index contributed by atoms with van der Waals surface area (Å²) < 4.78 is 26.9. The van der Waals surface area contributed by atoms with Crippen LogP contribution in [0.5, 0.6) is 0 Å². The summed E-state index contributed by atoms with van der Waals surface area (Å²) in [6.45, 7) is 0.459. The average Bonchev–Trinajstić information content (AvgIpc) is 3.07. The van der Waals surface area contributed by atoms with Gasteiger partial charge in [0.15, 0.2) is 0 Å². The van der Waals surface area contributed by atoms with Crippen molar-refractivity contribution in [3.8, 4) is 0 Å². The molecule has 30 heavy (non-hydrogen) atoms. The zero-order valence-corrected chi connectivity index (χ0v) is 17.3. The van der Waals surface area contributed by atoms with E-state index in [0.717, 1.165) is 17.0 Å². The zero-order valence-electron chi connectivity index (χ0n) is 15.7. The molecule has 0 aliphatic rings. The number of nitrogens with zero attached hydrogens (tertiary/aromatic N) is 3. The molecule has 150 valence electrons. The van der Waals surface area contributed by atoms with E-state index in [0.29, 0.717) is 29.0 Å². The summed E-state index contributed by atoms with van der Waals surface area (Å²) in [6.07, 6.45) is 0.540. The predicted octanol–water partition coefficient (Wildman–Crippen LogP) is 4.53. The van der Waals surface area contributed by atoms with Crippen LogP contribution in [0.3, 0.4) is 0 Å². The number of hydrogen-bond acceptors (Lipinski definition) is 4. The number of para-hydroxylation sites is 1. The number of carbonyl (C=O) groups is 1. The molecule has 0 fully saturated rings. The molecule has 1 amide bonds. The largest absolute Gasteiger partial charge is 0.323 e. The molecule has 0 unspecified atom stereocenters. The molecule has 0 spiro atoms. The van der Waals surface area contributed by atoms with Gasteiger partial charge in [-0.25, -0.2) is 4.98 Å². The zero-order chi connectivity index (χ0) is 21.1. The van der Waals surface area contributed by atoms with Crippen LogP contribution in [0.4, 0.5) is 0 Å². The fraction of sp³-hybridized carbons (Fsp3) is 0.0909. The number of benzene rings is 3. The maximum absolute atomic E-state index is 12.3. The Labute approximate surface area is 179 Å². The summed E-state index contributed by atoms with van der Waals surface area (Å²) >= 11 is 6.37. The molecule has 0 atom stereocenters. The predicted molar refractivity (Wildman–Crippen MR) is 115 cm³/mol. The molecule has 4 aromatic rings. The Balaban J connectivity index is 1.90. The van der Waals surface area contributed by atoms with Crippen LogP contribution in [-0.4, -0.2) is 23.9 Å². The molecule has 8 heteroatoms. The Morgan fingerprint density at radius 1 is 0.967 bits per heavy atom. The van der Waals surface area contributed by atoms with Gasteiger partial charge in [-0.2, -0.15) is 8.42 Å². The summed E-state index contributed by atoms with van der Waals surface area (Å²) in [7, 11) is -2.83. The van der Waals surface area contributed by atoms with E-state index in [-0.39, 0.29) is 5.56 Å². The Morgan fingerprint density at radius 2 is 1.70 bits per heavy atom. The Morgan fingerprint density at radius 3 is 2.43 bits per heavy atom. The van der Waals surface area contributed by atoms with Gasteiger partial charge in [-0.3, -0.25) is 4.79 Å². The maximum Gasteiger partial charge on any atom is 0.319 e. The summed E-state index contributed by atoms with van der Waals surface area (Å²) in [6, 6.07) is 22.4. The van der Waals surface area contributed by atoms with E-state index in [1.807, 2.05) is 65.2 Å². The van der Waals surface area contributed by atoms with E-state index in [1.54, 1.807) is 6.07 Å². The van der Waals surface area contributed by atoms with E-state index in [9.17, 15) is 13.2 Å². The van der Waals surface area contributed by atoms with Gasteiger partial charge in [0.2, 0.25) is 0 Å². The summed E-state index contributed by atoms with van der Waals surface area (Å²) in [4.78, 5) is 17.0. The maximum atomic E-state index is 12.3. The number of fused-ring (bicyclic) bond motifs is 1. The molecule has 0 saturated heterocycles. The van der Waals surface area contributed by atoms with Crippen LogP contribution in [0, 0.1) is 0 Å². The van der Waals surface area contributed by atoms with Crippen molar-refractivity contribution in [3.63, 3.8) is 0 Å². The molecule has 1 heterocycles. The number of hydrogen-bond donors (Lipinski definition) is 0. The molecule has 4 rings (SSSR count). The molecular weight excluding hydrogens is 422 g/mol. The van der Waals surface area contributed by atoms with Crippen molar-refractivity contribution in [1.82, 2.24) is 9.55 Å². The smallest absolute Gasteiger partial charge is 0.319 e. The van der Waals surface area contributed by atoms with Crippen molar-refractivity contribution in [3.05, 3.63) is 100 Å². The Hall–Kier alpha value is -3.29. The van der Waals surface area contributed by atoms with Gasteiger partial charge in [-0.05, 0) is 29.3 Å². The fourth-order valence-corrected chi connectivity index (χ4v) is 3.80. The normalized spacial score (nSPS) is 10.8. The first-order valence-corrected chi connectivity index (χ1v) is 10.5. The topological polar surface area (TPSA) is 81.4 Å². The van der Waals surface area contributed by atoms with E-state index in [2.05, 4.69) is 4.36 Å². The van der Waals surface area contributed by atoms with Gasteiger partial charge in [0, 0.05) is 11.4 Å². The molecule has 0 radical (unpaired) electrons. The van der Waals surface area contributed by atoms with Crippen molar-refractivity contribution in [2.45, 2.75) is 13.0 Å². The van der Waals surface area contributed by atoms with Gasteiger partial charge in [-0.1, -0.05) is 70.6 Å². The average molecular weight is 438 g/mol. The summed E-state index contributed by atoms with van der Waals surface area (Å²) in [5.74, 6) is -0.109. The molecule has 0 aliphatic heterocycles. The van der Waals surface area contributed by atoms with Gasteiger partial charge in [-0.15, -0.1) is 0 Å². The summed E-state index contributed by atoms with van der Waals surface area (Å²) in [5, 5.41) is 0.633. The van der Waals surface area contributed by atoms with Crippen molar-refractivity contribution < 1.29 is 13.2 Å². The molecule has 3 aromatic carbocycles. The number of aromatic nitrogens is 2. The minimum Gasteiger partial charge on any atom is -0.323 e. The molecule has 0 bridgehead atoms. The number of amides is 1. The lowest BCUT2D eigenvalue weighted by molar-refractivity contribution is 0.101. The highest BCUT2D eigenvalue weighted by Crippen LogP contribution is 2.26. The highest BCUT2D eigenvalue weighted by molar-refractivity contribution is 7.62. The van der Waals surface area contributed by atoms with Gasteiger partial charge < -0.3 is 4.57 Å². The van der Waals surface area contributed by atoms with E-state index in [1.165, 1.54) is 6.07 Å². The van der Waals surface area contributed by atoms with Crippen LogP contribution < -0.4 is 0 Å². The fourth-order valence-electron chi connectivity index (χ4n) is 3.37. The lowest BCUT2D eigenvalue weighted by atomic mass is 10.1. The number of halogens is 1. The van der Waals surface area contributed by atoms with E-state index < -0.39 is 16.4 Å². The van der Waals surface area contributed by atoms with Gasteiger partial charge >= 0.3 is 10.5 Å². The number of rotatable bonds is 5. The second-order valence-electron chi connectivity index (χ2n) is 6.65. The first-order valence-electron chi connectivity index (χ1n) is 9.14.